The average molecular weight is 287 g/mol. The second-order valence-electron chi connectivity index (χ2n) is 3.28. The summed E-state index contributed by atoms with van der Waals surface area (Å²) in [6, 6.07) is 0. The standard InChI is InChI=1S/3C5H6.Y/c3*1-2-4-5-3-1;/h3*1-4H,5H2;/q;;;+3. The molecule has 0 amide bonds. The molecule has 0 aromatic rings. The normalized spacial score (nSPS) is 16.5. The van der Waals surface area contributed by atoms with Gasteiger partial charge in [-0.3, -0.25) is 0 Å². The third kappa shape index (κ3) is 10.1. The zero-order valence-electron chi connectivity index (χ0n) is 9.63. The summed E-state index contributed by atoms with van der Waals surface area (Å²) in [6.07, 6.45) is 28.5. The van der Waals surface area contributed by atoms with Gasteiger partial charge in [0.15, 0.2) is 0 Å². The van der Waals surface area contributed by atoms with Gasteiger partial charge in [-0.2, -0.15) is 0 Å². The van der Waals surface area contributed by atoms with Gasteiger partial charge in [-0.05, 0) is 19.3 Å². The molecule has 0 unspecified atom stereocenters. The van der Waals surface area contributed by atoms with Crippen LogP contribution in [0.15, 0.2) is 72.9 Å². The molecule has 0 radical (unpaired) electrons. The summed E-state index contributed by atoms with van der Waals surface area (Å²) in [6.45, 7) is 0. The van der Waals surface area contributed by atoms with E-state index in [9.17, 15) is 0 Å². The first kappa shape index (κ1) is 15.5. The van der Waals surface area contributed by atoms with Crippen molar-refractivity contribution in [2.24, 2.45) is 0 Å². The van der Waals surface area contributed by atoms with Gasteiger partial charge < -0.3 is 0 Å². The predicted molar refractivity (Wildman–Crippen MR) is 68.7 cm³/mol. The molecule has 0 heterocycles. The van der Waals surface area contributed by atoms with Crippen molar-refractivity contribution in [2.75, 3.05) is 0 Å². The first-order valence-corrected chi connectivity index (χ1v) is 5.45. The van der Waals surface area contributed by atoms with Crippen LogP contribution < -0.4 is 0 Å². The van der Waals surface area contributed by atoms with Gasteiger partial charge in [0.1, 0.15) is 0 Å². The maximum Gasteiger partial charge on any atom is 3.00 e. The third-order valence-electron chi connectivity index (χ3n) is 1.97. The van der Waals surface area contributed by atoms with Crippen molar-refractivity contribution < 1.29 is 32.7 Å². The van der Waals surface area contributed by atoms with E-state index in [0.717, 1.165) is 19.3 Å². The van der Waals surface area contributed by atoms with Gasteiger partial charge >= 0.3 is 32.7 Å². The molecule has 0 nitrogen and oxygen atoms in total. The summed E-state index contributed by atoms with van der Waals surface area (Å²) < 4.78 is 0. The predicted octanol–water partition coefficient (Wildman–Crippen LogP) is 4.51. The number of hydrogen-bond acceptors (Lipinski definition) is 0. The molecule has 0 atom stereocenters. The van der Waals surface area contributed by atoms with Gasteiger partial charge in [-0.25, -0.2) is 0 Å². The third-order valence-corrected chi connectivity index (χ3v) is 1.97. The minimum Gasteiger partial charge on any atom is -0.0808 e. The summed E-state index contributed by atoms with van der Waals surface area (Å²) in [7, 11) is 0. The minimum absolute atomic E-state index is 0. The molecular weight excluding hydrogens is 269 g/mol. The van der Waals surface area contributed by atoms with Crippen molar-refractivity contribution in [1.82, 2.24) is 0 Å². The Kier molecular flexibility index (Phi) is 12.3. The van der Waals surface area contributed by atoms with Crippen molar-refractivity contribution >= 4 is 0 Å². The van der Waals surface area contributed by atoms with E-state index in [4.69, 9.17) is 0 Å². The molecule has 0 aromatic carbocycles. The summed E-state index contributed by atoms with van der Waals surface area (Å²) in [5.41, 5.74) is 0. The van der Waals surface area contributed by atoms with Crippen LogP contribution in [0.4, 0.5) is 0 Å². The first-order valence-electron chi connectivity index (χ1n) is 5.45. The SMILES string of the molecule is C1=CCC=C1.C1=CCC=C1.C1=CCC=C1.[Y+3]. The molecule has 0 N–H and O–H groups in total. The zero-order chi connectivity index (χ0) is 10.6. The molecule has 16 heavy (non-hydrogen) atoms. The average Bonchev–Trinajstić information content (AvgIpc) is 3.09. The molecular formula is C15H18Y+3. The zero-order valence-corrected chi connectivity index (χ0v) is 12.5. The summed E-state index contributed by atoms with van der Waals surface area (Å²) in [5, 5.41) is 0. The van der Waals surface area contributed by atoms with Crippen LogP contribution in [-0.4, -0.2) is 0 Å². The Morgan fingerprint density at radius 3 is 0.625 bits per heavy atom. The number of allylic oxidation sites excluding steroid dienone is 12. The molecule has 0 fully saturated rings. The van der Waals surface area contributed by atoms with Crippen molar-refractivity contribution in [3.8, 4) is 0 Å². The fraction of sp³-hybridized carbons (Fsp3) is 0.200. The van der Waals surface area contributed by atoms with Crippen LogP contribution >= 0.6 is 0 Å². The van der Waals surface area contributed by atoms with Crippen LogP contribution in [0.2, 0.25) is 0 Å². The maximum absolute atomic E-state index is 2.12. The Bertz CT molecular complexity index is 232. The quantitative estimate of drug-likeness (QED) is 0.615. The van der Waals surface area contributed by atoms with E-state index >= 15 is 0 Å². The van der Waals surface area contributed by atoms with Crippen LogP contribution in [0.3, 0.4) is 0 Å². The second-order valence-corrected chi connectivity index (χ2v) is 3.28. The van der Waals surface area contributed by atoms with Crippen LogP contribution in [0.5, 0.6) is 0 Å². The number of hydrogen-bond donors (Lipinski definition) is 0. The Morgan fingerprint density at radius 2 is 0.562 bits per heavy atom. The Balaban J connectivity index is 0.000000205. The van der Waals surface area contributed by atoms with Crippen LogP contribution in [-0.2, 0) is 32.7 Å². The Labute approximate surface area is 124 Å². The second kappa shape index (κ2) is 12.6. The molecule has 3 aliphatic rings. The molecule has 3 rings (SSSR count). The first-order chi connectivity index (χ1) is 7.50. The van der Waals surface area contributed by atoms with Gasteiger partial charge in [0, 0.05) is 0 Å². The van der Waals surface area contributed by atoms with Gasteiger partial charge in [-0.15, -0.1) is 0 Å². The molecule has 0 aromatic heterocycles. The van der Waals surface area contributed by atoms with E-state index < -0.39 is 0 Å². The molecule has 0 bridgehead atoms. The molecule has 0 saturated carbocycles. The van der Waals surface area contributed by atoms with E-state index in [1.165, 1.54) is 0 Å². The molecule has 0 aliphatic heterocycles. The van der Waals surface area contributed by atoms with E-state index in [2.05, 4.69) is 72.9 Å². The minimum atomic E-state index is 0. The van der Waals surface area contributed by atoms with E-state index in [-0.39, 0.29) is 32.7 Å². The smallest absolute Gasteiger partial charge is 0.0808 e. The van der Waals surface area contributed by atoms with Crippen molar-refractivity contribution in [3.05, 3.63) is 72.9 Å². The summed E-state index contributed by atoms with van der Waals surface area (Å²) in [5.74, 6) is 0. The fourth-order valence-electron chi connectivity index (χ4n) is 1.18. The Hall–Kier alpha value is -0.456. The summed E-state index contributed by atoms with van der Waals surface area (Å²) in [4.78, 5) is 0. The van der Waals surface area contributed by atoms with E-state index in [1.54, 1.807) is 0 Å². The molecule has 0 saturated heterocycles. The van der Waals surface area contributed by atoms with Gasteiger partial charge in [0.05, 0.1) is 0 Å². The topological polar surface area (TPSA) is 0 Å². The molecule has 78 valence electrons. The molecule has 0 spiro atoms. The molecule has 1 heteroatoms. The summed E-state index contributed by atoms with van der Waals surface area (Å²) >= 11 is 0. The van der Waals surface area contributed by atoms with Crippen LogP contribution in [0.1, 0.15) is 19.3 Å². The van der Waals surface area contributed by atoms with E-state index in [0.29, 0.717) is 0 Å². The van der Waals surface area contributed by atoms with E-state index in [1.807, 2.05) is 0 Å². The molecule has 3 aliphatic carbocycles. The largest absolute Gasteiger partial charge is 3.00 e. The van der Waals surface area contributed by atoms with Crippen molar-refractivity contribution in [3.63, 3.8) is 0 Å². The van der Waals surface area contributed by atoms with Gasteiger partial charge in [0.25, 0.3) is 0 Å². The van der Waals surface area contributed by atoms with Crippen molar-refractivity contribution in [2.45, 2.75) is 19.3 Å². The van der Waals surface area contributed by atoms with Gasteiger partial charge in [-0.1, -0.05) is 72.9 Å². The van der Waals surface area contributed by atoms with Crippen molar-refractivity contribution in [1.29, 1.82) is 0 Å². The van der Waals surface area contributed by atoms with Crippen LogP contribution in [0, 0.1) is 0 Å². The van der Waals surface area contributed by atoms with Crippen LogP contribution in [0.25, 0.3) is 0 Å². The number of rotatable bonds is 0. The van der Waals surface area contributed by atoms with Gasteiger partial charge in [0.2, 0.25) is 0 Å². The fourth-order valence-corrected chi connectivity index (χ4v) is 1.18. The monoisotopic (exact) mass is 287 g/mol. The Morgan fingerprint density at radius 1 is 0.375 bits per heavy atom. The maximum atomic E-state index is 2.12.